The zero-order valence-corrected chi connectivity index (χ0v) is 7.15. The lowest BCUT2D eigenvalue weighted by molar-refractivity contribution is 0.0691. The highest BCUT2D eigenvalue weighted by Gasteiger charge is 2.04. The van der Waals surface area contributed by atoms with Gasteiger partial charge < -0.3 is 9.84 Å². The maximum atomic E-state index is 11.2. The summed E-state index contributed by atoms with van der Waals surface area (Å²) in [5.74, 6) is 3.63. The second-order valence-corrected chi connectivity index (χ2v) is 2.31. The summed E-state index contributed by atoms with van der Waals surface area (Å²) >= 11 is 0. The second kappa shape index (κ2) is 4.59. The topological polar surface area (TPSA) is 46.5 Å². The highest BCUT2D eigenvalue weighted by atomic mass is 16.5. The van der Waals surface area contributed by atoms with Gasteiger partial charge in [0.2, 0.25) is 0 Å². The summed E-state index contributed by atoms with van der Waals surface area (Å²) < 4.78 is 4.48. The van der Waals surface area contributed by atoms with E-state index in [0.717, 1.165) is 0 Å². The van der Waals surface area contributed by atoms with Crippen LogP contribution in [-0.4, -0.2) is 11.1 Å². The zero-order chi connectivity index (χ0) is 10.4. The zero-order valence-electron chi connectivity index (χ0n) is 7.15. The molecule has 14 heavy (non-hydrogen) atoms. The van der Waals surface area contributed by atoms with Gasteiger partial charge in [0.15, 0.2) is 0 Å². The van der Waals surface area contributed by atoms with E-state index in [4.69, 9.17) is 11.5 Å². The Hall–Kier alpha value is -2.39. The smallest absolute Gasteiger partial charge is 0.352 e. The van der Waals surface area contributed by atoms with Crippen LogP contribution in [0.1, 0.15) is 10.4 Å². The molecule has 0 radical (unpaired) electrons. The Labute approximate surface area is 81.3 Å². The van der Waals surface area contributed by atoms with Crippen LogP contribution in [0.25, 0.3) is 0 Å². The molecule has 3 nitrogen and oxygen atoms in total. The minimum Gasteiger partial charge on any atom is -0.508 e. The number of benzene rings is 1. The van der Waals surface area contributed by atoms with Crippen molar-refractivity contribution in [3.05, 3.63) is 29.8 Å². The first-order chi connectivity index (χ1) is 6.74. The summed E-state index contributed by atoms with van der Waals surface area (Å²) in [5.41, 5.74) is 0.300. The van der Waals surface area contributed by atoms with E-state index >= 15 is 0 Å². The number of ether oxygens (including phenoxy) is 1. The molecule has 0 aromatic heterocycles. The third-order valence-electron chi connectivity index (χ3n) is 1.37. The fraction of sp³-hybridized carbons (Fsp3) is 0. The quantitative estimate of drug-likeness (QED) is 0.528. The molecule has 0 aliphatic carbocycles. The van der Waals surface area contributed by atoms with Crippen molar-refractivity contribution in [2.75, 3.05) is 0 Å². The van der Waals surface area contributed by atoms with E-state index in [1.807, 2.05) is 12.0 Å². The predicted molar refractivity (Wildman–Crippen MR) is 50.1 cm³/mol. The normalized spacial score (nSPS) is 7.93. The fourth-order valence-electron chi connectivity index (χ4n) is 0.758. The van der Waals surface area contributed by atoms with E-state index in [0.29, 0.717) is 5.56 Å². The van der Waals surface area contributed by atoms with E-state index in [-0.39, 0.29) is 5.75 Å². The summed E-state index contributed by atoms with van der Waals surface area (Å²) in [7, 11) is 0. The average molecular weight is 186 g/mol. The van der Waals surface area contributed by atoms with Crippen molar-refractivity contribution < 1.29 is 14.6 Å². The van der Waals surface area contributed by atoms with Crippen molar-refractivity contribution in [2.24, 2.45) is 0 Å². The molecule has 1 aromatic rings. The van der Waals surface area contributed by atoms with E-state index in [9.17, 15) is 4.79 Å². The molecule has 1 rings (SSSR count). The van der Waals surface area contributed by atoms with Gasteiger partial charge in [-0.2, -0.15) is 0 Å². The highest BCUT2D eigenvalue weighted by molar-refractivity contribution is 5.90. The Balaban J connectivity index is 2.71. The lowest BCUT2D eigenvalue weighted by Gasteiger charge is -1.96. The van der Waals surface area contributed by atoms with Crippen LogP contribution in [0.4, 0.5) is 0 Å². The number of rotatable bonds is 1. The van der Waals surface area contributed by atoms with E-state index < -0.39 is 5.97 Å². The van der Waals surface area contributed by atoms with Gasteiger partial charge in [0.1, 0.15) is 11.9 Å². The number of hydrogen-bond acceptors (Lipinski definition) is 3. The number of hydrogen-bond donors (Lipinski definition) is 1. The lowest BCUT2D eigenvalue weighted by atomic mass is 10.2. The molecule has 0 fully saturated rings. The number of phenolic OH excluding ortho intramolecular Hbond substituents is 1. The second-order valence-electron chi connectivity index (χ2n) is 2.31. The van der Waals surface area contributed by atoms with Crippen molar-refractivity contribution in [2.45, 2.75) is 0 Å². The molecule has 0 saturated heterocycles. The van der Waals surface area contributed by atoms with Crippen LogP contribution in [0.15, 0.2) is 24.3 Å². The van der Waals surface area contributed by atoms with Gasteiger partial charge in [0, 0.05) is 5.92 Å². The van der Waals surface area contributed by atoms with Crippen LogP contribution in [-0.2, 0) is 4.74 Å². The van der Waals surface area contributed by atoms with E-state index in [1.165, 1.54) is 24.3 Å². The summed E-state index contributed by atoms with van der Waals surface area (Å²) in [6, 6.07) is 5.61. The van der Waals surface area contributed by atoms with Gasteiger partial charge >= 0.3 is 5.97 Å². The van der Waals surface area contributed by atoms with Crippen molar-refractivity contribution >= 4 is 5.97 Å². The SMILES string of the molecule is C#CC#COC(=O)c1ccc(O)cc1. The predicted octanol–water partition coefficient (Wildman–Crippen LogP) is 1.14. The standard InChI is InChI=1S/C11H6O3/c1-2-3-8-14-11(13)9-4-6-10(12)7-5-9/h1,4-7,12H. The first-order valence-corrected chi connectivity index (χ1v) is 3.70. The number of terminal acetylenes is 1. The van der Waals surface area contributed by atoms with Crippen LogP contribution in [0, 0.1) is 24.4 Å². The monoisotopic (exact) mass is 186 g/mol. The van der Waals surface area contributed by atoms with Crippen LogP contribution < -0.4 is 0 Å². The van der Waals surface area contributed by atoms with Gasteiger partial charge in [0.05, 0.1) is 5.56 Å². The van der Waals surface area contributed by atoms with Crippen LogP contribution in [0.5, 0.6) is 5.75 Å². The molecule has 1 aromatic carbocycles. The molecule has 0 heterocycles. The van der Waals surface area contributed by atoms with Gasteiger partial charge in [-0.1, -0.05) is 0 Å². The molecule has 1 N–H and O–H groups in total. The summed E-state index contributed by atoms with van der Waals surface area (Å²) in [6.45, 7) is 0. The third-order valence-corrected chi connectivity index (χ3v) is 1.37. The van der Waals surface area contributed by atoms with Gasteiger partial charge in [0.25, 0.3) is 0 Å². The minimum atomic E-state index is -0.604. The maximum Gasteiger partial charge on any atom is 0.352 e. The summed E-state index contributed by atoms with van der Waals surface area (Å²) in [6.07, 6.45) is 6.88. The molecule has 0 amide bonds. The molecule has 0 saturated carbocycles. The van der Waals surface area contributed by atoms with Crippen molar-refractivity contribution in [1.82, 2.24) is 0 Å². The Morgan fingerprint density at radius 2 is 2.00 bits per heavy atom. The lowest BCUT2D eigenvalue weighted by Crippen LogP contribution is -1.99. The minimum absolute atomic E-state index is 0.0799. The molecular weight excluding hydrogens is 180 g/mol. The molecule has 0 aliphatic rings. The Morgan fingerprint density at radius 1 is 1.36 bits per heavy atom. The molecule has 0 bridgehead atoms. The van der Waals surface area contributed by atoms with E-state index in [1.54, 1.807) is 0 Å². The van der Waals surface area contributed by atoms with Crippen molar-refractivity contribution in [3.8, 4) is 30.1 Å². The van der Waals surface area contributed by atoms with Gasteiger partial charge in [-0.15, -0.1) is 6.42 Å². The number of carbonyl (C=O) groups excluding carboxylic acids is 1. The molecule has 0 spiro atoms. The first kappa shape index (κ1) is 9.70. The van der Waals surface area contributed by atoms with Gasteiger partial charge in [-0.25, -0.2) is 4.79 Å². The number of aromatic hydroxyl groups is 1. The Morgan fingerprint density at radius 3 is 2.57 bits per heavy atom. The van der Waals surface area contributed by atoms with Crippen LogP contribution in [0.2, 0.25) is 0 Å². The molecule has 0 unspecified atom stereocenters. The van der Waals surface area contributed by atoms with Crippen LogP contribution in [0.3, 0.4) is 0 Å². The Kier molecular flexibility index (Phi) is 3.18. The first-order valence-electron chi connectivity index (χ1n) is 3.70. The largest absolute Gasteiger partial charge is 0.508 e. The molecule has 68 valence electrons. The summed E-state index contributed by atoms with van der Waals surface area (Å²) in [4.78, 5) is 11.2. The molecule has 0 atom stereocenters. The van der Waals surface area contributed by atoms with Crippen molar-refractivity contribution in [1.29, 1.82) is 0 Å². The average Bonchev–Trinajstić information content (AvgIpc) is 2.19. The maximum absolute atomic E-state index is 11.2. The van der Waals surface area contributed by atoms with Gasteiger partial charge in [-0.05, 0) is 30.2 Å². The summed E-state index contributed by atoms with van der Waals surface area (Å²) in [5, 5.41) is 8.95. The Bertz CT molecular complexity index is 426. The molecule has 3 heteroatoms. The third kappa shape index (κ3) is 2.58. The van der Waals surface area contributed by atoms with Crippen LogP contribution >= 0.6 is 0 Å². The fourth-order valence-corrected chi connectivity index (χ4v) is 0.758. The number of phenols is 1. The highest BCUT2D eigenvalue weighted by Crippen LogP contribution is 2.10. The number of esters is 1. The number of carbonyl (C=O) groups is 1. The van der Waals surface area contributed by atoms with Crippen molar-refractivity contribution in [3.63, 3.8) is 0 Å². The van der Waals surface area contributed by atoms with Gasteiger partial charge in [-0.3, -0.25) is 0 Å². The molecule has 0 aliphatic heterocycles. The molecular formula is C11H6O3. The van der Waals surface area contributed by atoms with E-state index in [2.05, 4.69) is 10.7 Å².